The van der Waals surface area contributed by atoms with Gasteiger partial charge in [-0.2, -0.15) is 0 Å². The zero-order valence-corrected chi connectivity index (χ0v) is 17.4. The molecule has 0 amide bonds. The molecular formula is C23H36N4. The Hall–Kier alpha value is -1.94. The van der Waals surface area contributed by atoms with E-state index in [-0.39, 0.29) is 0 Å². The van der Waals surface area contributed by atoms with Crippen LogP contribution in [-0.2, 0) is 0 Å². The van der Waals surface area contributed by atoms with Gasteiger partial charge in [0.2, 0.25) is 0 Å². The van der Waals surface area contributed by atoms with Gasteiger partial charge in [0.15, 0.2) is 0 Å². The van der Waals surface area contributed by atoms with Crippen LogP contribution in [0.1, 0.15) is 43.7 Å². The number of benzene rings is 1. The van der Waals surface area contributed by atoms with Crippen molar-refractivity contribution in [1.82, 2.24) is 0 Å². The van der Waals surface area contributed by atoms with Gasteiger partial charge in [0.1, 0.15) is 0 Å². The summed E-state index contributed by atoms with van der Waals surface area (Å²) in [5.41, 5.74) is 12.2. The average molecular weight is 369 g/mol. The standard InChI is InChI=1S/C23H36N4/c1-6-26-23(15-25-5)21(11-12-24)9-8-20-14-19(4)27(16-20)22-10-7-17(2)18(3)13-22/h7,10,13,20-21H,4-6,8-9,11-12,14-16,24H2,1-3H3/b26-23+. The Bertz CT molecular complexity index is 677. The fourth-order valence-corrected chi connectivity index (χ4v) is 4.01. The Morgan fingerprint density at radius 3 is 2.70 bits per heavy atom. The van der Waals surface area contributed by atoms with Gasteiger partial charge < -0.3 is 10.6 Å². The molecule has 1 aliphatic heterocycles. The number of nitrogens with zero attached hydrogens (tertiary/aromatic N) is 3. The first kappa shape index (κ1) is 21.4. The Balaban J connectivity index is 2.00. The maximum Gasteiger partial charge on any atom is 0.0763 e. The van der Waals surface area contributed by atoms with Crippen molar-refractivity contribution in [1.29, 1.82) is 0 Å². The minimum absolute atomic E-state index is 0.421. The summed E-state index contributed by atoms with van der Waals surface area (Å²) >= 11 is 0. The van der Waals surface area contributed by atoms with Crippen LogP contribution >= 0.6 is 0 Å². The van der Waals surface area contributed by atoms with E-state index in [1.165, 1.54) is 34.6 Å². The molecule has 2 rings (SSSR count). The maximum atomic E-state index is 5.87. The van der Waals surface area contributed by atoms with E-state index in [1.807, 2.05) is 0 Å². The predicted molar refractivity (Wildman–Crippen MR) is 119 cm³/mol. The SMILES string of the molecule is C=NC/C(=N\CC)C(CCN)CCC1CC(=C)N(c2ccc(C)c(C)c2)C1. The molecule has 2 atom stereocenters. The summed E-state index contributed by atoms with van der Waals surface area (Å²) in [7, 11) is 0. The molecule has 4 heteroatoms. The second-order valence-electron chi connectivity index (χ2n) is 7.71. The van der Waals surface area contributed by atoms with Crippen LogP contribution in [0.15, 0.2) is 40.5 Å². The van der Waals surface area contributed by atoms with Gasteiger partial charge in [-0.1, -0.05) is 12.6 Å². The van der Waals surface area contributed by atoms with E-state index in [2.05, 4.69) is 67.2 Å². The monoisotopic (exact) mass is 368 g/mol. The van der Waals surface area contributed by atoms with Crippen molar-refractivity contribution in [2.75, 3.05) is 31.1 Å². The third-order valence-corrected chi connectivity index (χ3v) is 5.69. The number of nitrogens with two attached hydrogens (primary N) is 1. The number of hydrogen-bond donors (Lipinski definition) is 1. The number of hydrogen-bond acceptors (Lipinski definition) is 4. The van der Waals surface area contributed by atoms with Gasteiger partial charge in [-0.3, -0.25) is 9.98 Å². The van der Waals surface area contributed by atoms with Crippen molar-refractivity contribution in [3.8, 4) is 0 Å². The first-order valence-electron chi connectivity index (χ1n) is 10.2. The van der Waals surface area contributed by atoms with Crippen LogP contribution < -0.4 is 10.6 Å². The zero-order chi connectivity index (χ0) is 19.8. The molecule has 0 aromatic heterocycles. The van der Waals surface area contributed by atoms with Crippen LogP contribution in [0.3, 0.4) is 0 Å². The molecule has 0 spiro atoms. The summed E-state index contributed by atoms with van der Waals surface area (Å²) in [4.78, 5) is 11.1. The van der Waals surface area contributed by atoms with Gasteiger partial charge in [-0.15, -0.1) is 0 Å². The minimum Gasteiger partial charge on any atom is -0.345 e. The van der Waals surface area contributed by atoms with E-state index in [1.54, 1.807) is 0 Å². The number of aliphatic imine (C=N–C) groups is 2. The molecule has 2 unspecified atom stereocenters. The van der Waals surface area contributed by atoms with Crippen molar-refractivity contribution >= 4 is 18.1 Å². The Morgan fingerprint density at radius 2 is 2.07 bits per heavy atom. The van der Waals surface area contributed by atoms with Gasteiger partial charge >= 0.3 is 0 Å². The van der Waals surface area contributed by atoms with E-state index in [9.17, 15) is 0 Å². The molecule has 1 saturated heterocycles. The van der Waals surface area contributed by atoms with Crippen LogP contribution in [-0.4, -0.2) is 38.6 Å². The van der Waals surface area contributed by atoms with E-state index in [0.717, 1.165) is 32.4 Å². The third-order valence-electron chi connectivity index (χ3n) is 5.69. The molecule has 2 N–H and O–H groups in total. The van der Waals surface area contributed by atoms with E-state index in [0.29, 0.717) is 24.9 Å². The number of allylic oxidation sites excluding steroid dienone is 1. The Kier molecular flexibility index (Phi) is 8.23. The van der Waals surface area contributed by atoms with Gasteiger partial charge in [-0.05, 0) is 94.8 Å². The highest BCUT2D eigenvalue weighted by Gasteiger charge is 2.27. The van der Waals surface area contributed by atoms with Crippen LogP contribution in [0, 0.1) is 25.7 Å². The second kappa shape index (κ2) is 10.4. The molecule has 1 aromatic rings. The van der Waals surface area contributed by atoms with Gasteiger partial charge in [0.05, 0.1) is 6.54 Å². The first-order chi connectivity index (χ1) is 13.0. The third kappa shape index (κ3) is 5.77. The van der Waals surface area contributed by atoms with E-state index < -0.39 is 0 Å². The van der Waals surface area contributed by atoms with Crippen LogP contribution in [0.25, 0.3) is 0 Å². The summed E-state index contributed by atoms with van der Waals surface area (Å²) < 4.78 is 0. The molecular weight excluding hydrogens is 332 g/mol. The lowest BCUT2D eigenvalue weighted by molar-refractivity contribution is 0.459. The summed E-state index contributed by atoms with van der Waals surface area (Å²) in [6.07, 6.45) is 4.33. The highest BCUT2D eigenvalue weighted by atomic mass is 15.2. The van der Waals surface area contributed by atoms with Gasteiger partial charge in [0, 0.05) is 30.2 Å². The largest absolute Gasteiger partial charge is 0.345 e. The van der Waals surface area contributed by atoms with E-state index >= 15 is 0 Å². The number of aryl methyl sites for hydroxylation is 2. The van der Waals surface area contributed by atoms with Crippen molar-refractivity contribution < 1.29 is 0 Å². The second-order valence-corrected chi connectivity index (χ2v) is 7.71. The number of rotatable bonds is 10. The molecule has 1 aromatic carbocycles. The maximum absolute atomic E-state index is 5.87. The molecule has 0 radical (unpaired) electrons. The molecule has 148 valence electrons. The molecule has 0 saturated carbocycles. The molecule has 27 heavy (non-hydrogen) atoms. The first-order valence-corrected chi connectivity index (χ1v) is 10.2. The Morgan fingerprint density at radius 1 is 1.30 bits per heavy atom. The van der Waals surface area contributed by atoms with Crippen molar-refractivity contribution in [3.63, 3.8) is 0 Å². The average Bonchev–Trinajstić information content (AvgIpc) is 3.01. The minimum atomic E-state index is 0.421. The highest BCUT2D eigenvalue weighted by Crippen LogP contribution is 2.35. The number of anilines is 1. The summed E-state index contributed by atoms with van der Waals surface area (Å²) in [6.45, 7) is 17.6. The molecule has 0 bridgehead atoms. The molecule has 1 heterocycles. The van der Waals surface area contributed by atoms with E-state index in [4.69, 9.17) is 5.73 Å². The molecule has 1 fully saturated rings. The quantitative estimate of drug-likeness (QED) is 0.616. The van der Waals surface area contributed by atoms with Crippen molar-refractivity contribution in [3.05, 3.63) is 41.6 Å². The van der Waals surface area contributed by atoms with Gasteiger partial charge in [0.25, 0.3) is 0 Å². The molecule has 1 aliphatic rings. The van der Waals surface area contributed by atoms with Crippen LogP contribution in [0.5, 0.6) is 0 Å². The summed E-state index contributed by atoms with van der Waals surface area (Å²) in [6, 6.07) is 6.70. The van der Waals surface area contributed by atoms with Crippen molar-refractivity contribution in [2.45, 2.75) is 46.5 Å². The topological polar surface area (TPSA) is 54.0 Å². The lowest BCUT2D eigenvalue weighted by atomic mass is 9.89. The summed E-state index contributed by atoms with van der Waals surface area (Å²) in [5.74, 6) is 1.06. The lowest BCUT2D eigenvalue weighted by Gasteiger charge is -2.22. The van der Waals surface area contributed by atoms with Crippen LogP contribution in [0.4, 0.5) is 5.69 Å². The van der Waals surface area contributed by atoms with Crippen molar-refractivity contribution in [2.24, 2.45) is 27.6 Å². The highest BCUT2D eigenvalue weighted by molar-refractivity contribution is 5.89. The lowest BCUT2D eigenvalue weighted by Crippen LogP contribution is -2.23. The smallest absolute Gasteiger partial charge is 0.0763 e. The zero-order valence-electron chi connectivity index (χ0n) is 17.4. The molecule has 0 aliphatic carbocycles. The fourth-order valence-electron chi connectivity index (χ4n) is 4.01. The van der Waals surface area contributed by atoms with Crippen LogP contribution in [0.2, 0.25) is 0 Å². The Labute approximate surface area is 165 Å². The molecule has 4 nitrogen and oxygen atoms in total. The summed E-state index contributed by atoms with van der Waals surface area (Å²) in [5, 5.41) is 0. The predicted octanol–water partition coefficient (Wildman–Crippen LogP) is 4.55. The van der Waals surface area contributed by atoms with Gasteiger partial charge in [-0.25, -0.2) is 0 Å². The normalized spacial score (nSPS) is 18.8. The fraction of sp³-hybridized carbons (Fsp3) is 0.565.